The lowest BCUT2D eigenvalue weighted by Crippen LogP contribution is -2.57. The minimum Gasteiger partial charge on any atom is -0.453 e. The average Bonchev–Trinajstić information content (AvgIpc) is 3.09. The number of hydrogen-bond acceptors (Lipinski definition) is 5. The highest BCUT2D eigenvalue weighted by Gasteiger charge is 2.40. The summed E-state index contributed by atoms with van der Waals surface area (Å²) in [6.07, 6.45) is 3.05. The topological polar surface area (TPSA) is 89.0 Å². The molecule has 2 saturated heterocycles. The Morgan fingerprint density at radius 1 is 1.40 bits per heavy atom. The van der Waals surface area contributed by atoms with Gasteiger partial charge in [0.15, 0.2) is 5.76 Å². The molecular formula is C18H27N3O4. The Kier molecular flexibility index (Phi) is 5.75. The Morgan fingerprint density at radius 2 is 2.24 bits per heavy atom. The summed E-state index contributed by atoms with van der Waals surface area (Å²) in [5.74, 6) is 1.49. The van der Waals surface area contributed by atoms with Crippen molar-refractivity contribution in [2.45, 2.75) is 38.3 Å². The second kappa shape index (κ2) is 8.01. The molecule has 2 amide bonds. The number of carbonyl (C=O) groups excluding carboxylic acids is 2. The van der Waals surface area contributed by atoms with E-state index in [1.165, 1.54) is 0 Å². The minimum atomic E-state index is -0.0776. The summed E-state index contributed by atoms with van der Waals surface area (Å²) in [4.78, 5) is 28.8. The summed E-state index contributed by atoms with van der Waals surface area (Å²) in [7, 11) is 1.59. The molecule has 2 N–H and O–H groups in total. The van der Waals surface area contributed by atoms with Crippen molar-refractivity contribution in [3.05, 3.63) is 23.7 Å². The van der Waals surface area contributed by atoms with Gasteiger partial charge in [-0.1, -0.05) is 0 Å². The summed E-state index contributed by atoms with van der Waals surface area (Å²) in [6, 6.07) is 3.72. The molecule has 1 aromatic heterocycles. The largest absolute Gasteiger partial charge is 0.453 e. The molecule has 0 bridgehead atoms. The van der Waals surface area contributed by atoms with Gasteiger partial charge in [-0.05, 0) is 43.9 Å². The maximum absolute atomic E-state index is 12.7. The third-order valence-electron chi connectivity index (χ3n) is 5.19. The molecule has 2 atom stereocenters. The van der Waals surface area contributed by atoms with E-state index in [1.54, 1.807) is 19.2 Å². The zero-order valence-corrected chi connectivity index (χ0v) is 14.8. The number of likely N-dealkylation sites (tertiary alicyclic amines) is 2. The monoisotopic (exact) mass is 349 g/mol. The lowest BCUT2D eigenvalue weighted by Gasteiger charge is -2.47. The number of rotatable bonds is 6. The van der Waals surface area contributed by atoms with Crippen molar-refractivity contribution >= 4 is 11.8 Å². The molecule has 0 aromatic carbocycles. The third kappa shape index (κ3) is 3.88. The zero-order chi connectivity index (χ0) is 17.8. The number of methoxy groups -OCH3 is 1. The maximum atomic E-state index is 12.7. The Hall–Kier alpha value is -1.86. The van der Waals surface area contributed by atoms with Crippen molar-refractivity contribution in [1.29, 1.82) is 0 Å². The van der Waals surface area contributed by atoms with Gasteiger partial charge >= 0.3 is 0 Å². The van der Waals surface area contributed by atoms with Crippen LogP contribution in [0.4, 0.5) is 0 Å². The smallest absolute Gasteiger partial charge is 0.289 e. The van der Waals surface area contributed by atoms with Crippen LogP contribution in [-0.2, 0) is 16.1 Å². The zero-order valence-electron chi connectivity index (χ0n) is 14.8. The first-order valence-electron chi connectivity index (χ1n) is 9.00. The molecule has 7 nitrogen and oxygen atoms in total. The van der Waals surface area contributed by atoms with Crippen molar-refractivity contribution in [2.24, 2.45) is 11.7 Å². The van der Waals surface area contributed by atoms with Crippen LogP contribution in [0.25, 0.3) is 0 Å². The summed E-state index contributed by atoms with van der Waals surface area (Å²) in [5, 5.41) is 0. The molecule has 0 saturated carbocycles. The van der Waals surface area contributed by atoms with Crippen LogP contribution in [0.5, 0.6) is 0 Å². The maximum Gasteiger partial charge on any atom is 0.289 e. The quantitative estimate of drug-likeness (QED) is 0.834. The van der Waals surface area contributed by atoms with E-state index in [1.807, 2.05) is 9.80 Å². The first-order chi connectivity index (χ1) is 12.1. The van der Waals surface area contributed by atoms with Gasteiger partial charge in [-0.25, -0.2) is 0 Å². The second-order valence-corrected chi connectivity index (χ2v) is 6.83. The molecule has 2 aliphatic rings. The van der Waals surface area contributed by atoms with Crippen molar-refractivity contribution in [3.8, 4) is 0 Å². The van der Waals surface area contributed by atoms with Gasteiger partial charge in [0.25, 0.3) is 5.91 Å². The van der Waals surface area contributed by atoms with Gasteiger partial charge in [0, 0.05) is 39.2 Å². The predicted molar refractivity (Wildman–Crippen MR) is 91.8 cm³/mol. The van der Waals surface area contributed by atoms with E-state index < -0.39 is 0 Å². The lowest BCUT2D eigenvalue weighted by atomic mass is 9.83. The van der Waals surface area contributed by atoms with Gasteiger partial charge in [0.1, 0.15) is 12.4 Å². The number of nitrogens with two attached hydrogens (primary N) is 1. The highest BCUT2D eigenvalue weighted by atomic mass is 16.5. The fraction of sp³-hybridized carbons (Fsp3) is 0.667. The van der Waals surface area contributed by atoms with Gasteiger partial charge in [0.05, 0.1) is 0 Å². The number of ether oxygens (including phenoxy) is 1. The Morgan fingerprint density at radius 3 is 3.00 bits per heavy atom. The van der Waals surface area contributed by atoms with Crippen LogP contribution in [-0.4, -0.2) is 60.9 Å². The van der Waals surface area contributed by atoms with E-state index in [0.717, 1.165) is 25.8 Å². The fourth-order valence-corrected chi connectivity index (χ4v) is 3.96. The Labute approximate surface area is 148 Å². The van der Waals surface area contributed by atoms with Crippen LogP contribution >= 0.6 is 0 Å². The van der Waals surface area contributed by atoms with Crippen molar-refractivity contribution in [3.63, 3.8) is 0 Å². The predicted octanol–water partition coefficient (Wildman–Crippen LogP) is 1.23. The second-order valence-electron chi connectivity index (χ2n) is 6.83. The number of amides is 2. The van der Waals surface area contributed by atoms with Crippen molar-refractivity contribution in [2.75, 3.05) is 33.3 Å². The molecule has 2 aliphatic heterocycles. The molecule has 1 aromatic rings. The summed E-state index contributed by atoms with van der Waals surface area (Å²) >= 11 is 0. The molecule has 2 unspecified atom stereocenters. The van der Waals surface area contributed by atoms with E-state index in [2.05, 4.69) is 0 Å². The number of nitrogens with zero attached hydrogens (tertiary/aromatic N) is 2. The normalized spacial score (nSPS) is 23.7. The third-order valence-corrected chi connectivity index (χ3v) is 5.19. The molecule has 138 valence electrons. The van der Waals surface area contributed by atoms with Crippen LogP contribution in [0, 0.1) is 5.92 Å². The van der Waals surface area contributed by atoms with Gasteiger partial charge in [0.2, 0.25) is 5.91 Å². The lowest BCUT2D eigenvalue weighted by molar-refractivity contribution is -0.140. The molecule has 0 radical (unpaired) electrons. The summed E-state index contributed by atoms with van der Waals surface area (Å²) in [5.41, 5.74) is 5.60. The fourth-order valence-electron chi connectivity index (χ4n) is 3.96. The molecule has 7 heteroatoms. The molecular weight excluding hydrogens is 322 g/mol. The van der Waals surface area contributed by atoms with Crippen LogP contribution in [0.3, 0.4) is 0 Å². The number of hydrogen-bond donors (Lipinski definition) is 1. The molecule has 3 heterocycles. The average molecular weight is 349 g/mol. The van der Waals surface area contributed by atoms with Gasteiger partial charge in [-0.3, -0.25) is 9.59 Å². The van der Waals surface area contributed by atoms with Crippen LogP contribution in [0.1, 0.15) is 42.0 Å². The van der Waals surface area contributed by atoms with Crippen LogP contribution in [0.2, 0.25) is 0 Å². The van der Waals surface area contributed by atoms with Gasteiger partial charge in [-0.2, -0.15) is 0 Å². The van der Waals surface area contributed by atoms with Gasteiger partial charge in [-0.15, -0.1) is 0 Å². The van der Waals surface area contributed by atoms with E-state index in [-0.39, 0.29) is 17.9 Å². The first kappa shape index (κ1) is 17.9. The molecule has 25 heavy (non-hydrogen) atoms. The highest BCUT2D eigenvalue weighted by Crippen LogP contribution is 2.32. The molecule has 3 rings (SSSR count). The molecule has 0 spiro atoms. The van der Waals surface area contributed by atoms with E-state index >= 15 is 0 Å². The Bertz CT molecular complexity index is 615. The standard InChI is InChI=1S/C18H27N3O4/c1-24-12-14-4-5-16(25-14)18(23)20-10-7-15-13(11-20)3-6-17(22)21(15)9-2-8-19/h4-5,13,15H,2-3,6-12,19H2,1H3. The minimum absolute atomic E-state index is 0.0776. The summed E-state index contributed by atoms with van der Waals surface area (Å²) in [6.45, 7) is 3.00. The number of piperidine rings is 2. The summed E-state index contributed by atoms with van der Waals surface area (Å²) < 4.78 is 10.6. The Balaban J connectivity index is 1.64. The number of fused-ring (bicyclic) bond motifs is 1. The first-order valence-corrected chi connectivity index (χ1v) is 9.00. The van der Waals surface area contributed by atoms with Crippen LogP contribution in [0.15, 0.2) is 16.5 Å². The highest BCUT2D eigenvalue weighted by molar-refractivity contribution is 5.91. The van der Waals surface area contributed by atoms with E-state index in [4.69, 9.17) is 14.9 Å². The van der Waals surface area contributed by atoms with E-state index in [0.29, 0.717) is 50.1 Å². The van der Waals surface area contributed by atoms with Crippen LogP contribution < -0.4 is 5.73 Å². The molecule has 2 fully saturated rings. The number of furan rings is 1. The van der Waals surface area contributed by atoms with Crippen molar-refractivity contribution < 1.29 is 18.7 Å². The van der Waals surface area contributed by atoms with Crippen molar-refractivity contribution in [1.82, 2.24) is 9.80 Å². The SMILES string of the molecule is COCc1ccc(C(=O)N2CCC3C(CCC(=O)N3CCCN)C2)o1. The van der Waals surface area contributed by atoms with E-state index in [9.17, 15) is 9.59 Å². The molecule has 0 aliphatic carbocycles. The van der Waals surface area contributed by atoms with Gasteiger partial charge < -0.3 is 24.7 Å². The number of carbonyl (C=O) groups is 2.